The first-order chi connectivity index (χ1) is 10.4. The van der Waals surface area contributed by atoms with Crippen molar-refractivity contribution < 1.29 is 27.8 Å². The van der Waals surface area contributed by atoms with Crippen molar-refractivity contribution in [3.8, 4) is 0 Å². The second-order valence-corrected chi connectivity index (χ2v) is 5.21. The minimum absolute atomic E-state index is 0.139. The minimum atomic E-state index is -4.44. The number of carbonyl (C=O) groups excluding carboxylic acids is 1. The minimum Gasteiger partial charge on any atom is -0.383 e. The maximum atomic E-state index is 12.6. The van der Waals surface area contributed by atoms with E-state index in [4.69, 9.17) is 4.74 Å². The fourth-order valence-electron chi connectivity index (χ4n) is 2.36. The Morgan fingerprint density at radius 2 is 2.09 bits per heavy atom. The zero-order valence-corrected chi connectivity index (χ0v) is 12.0. The van der Waals surface area contributed by atoms with Gasteiger partial charge in [0.15, 0.2) is 0 Å². The molecule has 0 aromatic heterocycles. The highest BCUT2D eigenvalue weighted by Crippen LogP contribution is 2.29. The number of aliphatic hydroxyl groups is 1. The molecular weight excluding hydrogens is 299 g/mol. The number of ether oxygens (including phenoxy) is 1. The molecule has 2 rings (SSSR count). The summed E-state index contributed by atoms with van der Waals surface area (Å²) in [7, 11) is 0. The van der Waals surface area contributed by atoms with Crippen LogP contribution in [0.5, 0.6) is 0 Å². The molecule has 1 fully saturated rings. The average molecular weight is 317 g/mol. The Hall–Kier alpha value is -1.60. The van der Waals surface area contributed by atoms with Gasteiger partial charge >= 0.3 is 6.18 Å². The molecule has 1 amide bonds. The molecule has 122 valence electrons. The van der Waals surface area contributed by atoms with Crippen LogP contribution in [-0.2, 0) is 22.1 Å². The number of hydrogen-bond acceptors (Lipinski definition) is 3. The monoisotopic (exact) mass is 317 g/mol. The van der Waals surface area contributed by atoms with Gasteiger partial charge in [0.25, 0.3) is 5.91 Å². The second kappa shape index (κ2) is 7.11. The van der Waals surface area contributed by atoms with Crippen molar-refractivity contribution in [2.45, 2.75) is 25.1 Å². The lowest BCUT2D eigenvalue weighted by atomic mass is 10.0. The Kier molecular flexibility index (Phi) is 5.42. The third kappa shape index (κ3) is 4.45. The van der Waals surface area contributed by atoms with Crippen LogP contribution in [-0.4, -0.2) is 48.3 Å². The van der Waals surface area contributed by atoms with Crippen molar-refractivity contribution >= 4 is 5.91 Å². The quantitative estimate of drug-likeness (QED) is 0.926. The van der Waals surface area contributed by atoms with Gasteiger partial charge in [-0.1, -0.05) is 18.2 Å². The van der Waals surface area contributed by atoms with Gasteiger partial charge in [-0.3, -0.25) is 4.79 Å². The molecule has 1 heterocycles. The number of alkyl halides is 3. The van der Waals surface area contributed by atoms with E-state index in [2.05, 4.69) is 0 Å². The lowest BCUT2D eigenvalue weighted by molar-refractivity contribution is -0.140. The molecule has 1 atom stereocenters. The van der Waals surface area contributed by atoms with Gasteiger partial charge < -0.3 is 14.7 Å². The summed E-state index contributed by atoms with van der Waals surface area (Å²) < 4.78 is 43.2. The first kappa shape index (κ1) is 16.8. The van der Waals surface area contributed by atoms with Gasteiger partial charge in [-0.2, -0.15) is 13.2 Å². The number of carbonyl (C=O) groups is 1. The third-order valence-corrected chi connectivity index (χ3v) is 3.50. The van der Waals surface area contributed by atoms with Gasteiger partial charge in [-0.15, -0.1) is 0 Å². The molecule has 4 nitrogen and oxygen atoms in total. The predicted octanol–water partition coefficient (Wildman–Crippen LogP) is 1.86. The Labute approximate surface area is 126 Å². The molecule has 1 N–H and O–H groups in total. The average Bonchev–Trinajstić information content (AvgIpc) is 2.75. The summed E-state index contributed by atoms with van der Waals surface area (Å²) in [4.78, 5) is 13.6. The predicted molar refractivity (Wildman–Crippen MR) is 73.2 cm³/mol. The van der Waals surface area contributed by atoms with Crippen molar-refractivity contribution in [2.75, 3.05) is 26.3 Å². The van der Waals surface area contributed by atoms with Gasteiger partial charge in [0.2, 0.25) is 0 Å². The second-order valence-electron chi connectivity index (χ2n) is 5.21. The molecule has 1 aromatic rings. The smallest absolute Gasteiger partial charge is 0.383 e. The molecule has 0 saturated carbocycles. The maximum Gasteiger partial charge on any atom is 0.416 e. The molecular formula is C15H18F3NO3. The molecule has 0 spiro atoms. The Balaban J connectivity index is 2.01. The van der Waals surface area contributed by atoms with E-state index in [1.165, 1.54) is 17.0 Å². The molecule has 1 aliphatic heterocycles. The highest BCUT2D eigenvalue weighted by atomic mass is 19.4. The zero-order chi connectivity index (χ0) is 16.2. The van der Waals surface area contributed by atoms with Crippen LogP contribution in [0.15, 0.2) is 24.3 Å². The largest absolute Gasteiger partial charge is 0.416 e. The molecule has 1 aliphatic rings. The summed E-state index contributed by atoms with van der Waals surface area (Å²) in [5.41, 5.74) is -0.505. The normalized spacial score (nSPS) is 17.9. The first-order valence-corrected chi connectivity index (χ1v) is 7.08. The molecule has 7 heteroatoms. The van der Waals surface area contributed by atoms with Crippen LogP contribution >= 0.6 is 0 Å². The molecule has 1 saturated heterocycles. The van der Waals surface area contributed by atoms with Crippen LogP contribution in [0.2, 0.25) is 0 Å². The third-order valence-electron chi connectivity index (χ3n) is 3.50. The lowest BCUT2D eigenvalue weighted by Gasteiger charge is -2.23. The Bertz CT molecular complexity index is 511. The Morgan fingerprint density at radius 1 is 1.32 bits per heavy atom. The summed E-state index contributed by atoms with van der Waals surface area (Å²) in [6.45, 7) is 1.84. The number of benzene rings is 1. The fourth-order valence-corrected chi connectivity index (χ4v) is 2.36. The van der Waals surface area contributed by atoms with Gasteiger partial charge in [0, 0.05) is 26.1 Å². The standard InChI is InChI=1S/C15H18F3NO3/c16-15(17,18)12-4-1-3-11(9-12)10-13(20)14(21)19-5-2-7-22-8-6-19/h1,3-4,9,13,20H,2,5-8,10H2. The molecule has 1 unspecified atom stereocenters. The van der Waals surface area contributed by atoms with Crippen molar-refractivity contribution in [3.05, 3.63) is 35.4 Å². The van der Waals surface area contributed by atoms with Crippen molar-refractivity contribution in [2.24, 2.45) is 0 Å². The van der Waals surface area contributed by atoms with Gasteiger partial charge in [-0.05, 0) is 18.1 Å². The highest BCUT2D eigenvalue weighted by molar-refractivity contribution is 5.81. The van der Waals surface area contributed by atoms with Crippen LogP contribution in [0.25, 0.3) is 0 Å². The van der Waals surface area contributed by atoms with Crippen LogP contribution < -0.4 is 0 Å². The van der Waals surface area contributed by atoms with E-state index in [9.17, 15) is 23.1 Å². The first-order valence-electron chi connectivity index (χ1n) is 7.08. The summed E-state index contributed by atoms with van der Waals surface area (Å²) in [6.07, 6.45) is -5.24. The number of rotatable bonds is 3. The number of halogens is 3. The molecule has 0 bridgehead atoms. The Morgan fingerprint density at radius 3 is 2.82 bits per heavy atom. The van der Waals surface area contributed by atoms with E-state index in [1.807, 2.05) is 0 Å². The summed E-state index contributed by atoms with van der Waals surface area (Å²) in [5.74, 6) is -0.470. The van der Waals surface area contributed by atoms with E-state index in [1.54, 1.807) is 0 Å². The fraction of sp³-hybridized carbons (Fsp3) is 0.533. The number of nitrogens with zero attached hydrogens (tertiary/aromatic N) is 1. The molecule has 0 aliphatic carbocycles. The van der Waals surface area contributed by atoms with Gasteiger partial charge in [0.05, 0.1) is 12.2 Å². The highest BCUT2D eigenvalue weighted by Gasteiger charge is 2.31. The van der Waals surface area contributed by atoms with Crippen molar-refractivity contribution in [1.29, 1.82) is 0 Å². The van der Waals surface area contributed by atoms with E-state index < -0.39 is 23.8 Å². The summed E-state index contributed by atoms with van der Waals surface area (Å²) in [5, 5.41) is 10.00. The zero-order valence-electron chi connectivity index (χ0n) is 12.0. The number of aliphatic hydroxyl groups excluding tert-OH is 1. The maximum absolute atomic E-state index is 12.6. The molecule has 0 radical (unpaired) electrons. The van der Waals surface area contributed by atoms with Gasteiger partial charge in [0.1, 0.15) is 6.10 Å². The SMILES string of the molecule is O=C(C(O)Cc1cccc(C(F)(F)F)c1)N1CCCOCC1. The van der Waals surface area contributed by atoms with Gasteiger partial charge in [-0.25, -0.2) is 0 Å². The van der Waals surface area contributed by atoms with Crippen molar-refractivity contribution in [1.82, 2.24) is 4.90 Å². The summed E-state index contributed by atoms with van der Waals surface area (Å²) >= 11 is 0. The van der Waals surface area contributed by atoms with Crippen LogP contribution in [0, 0.1) is 0 Å². The summed E-state index contributed by atoms with van der Waals surface area (Å²) in [6, 6.07) is 4.66. The van der Waals surface area contributed by atoms with E-state index in [0.29, 0.717) is 32.7 Å². The number of amides is 1. The topological polar surface area (TPSA) is 49.8 Å². The lowest BCUT2D eigenvalue weighted by Crippen LogP contribution is -2.41. The van der Waals surface area contributed by atoms with Crippen LogP contribution in [0.3, 0.4) is 0 Å². The van der Waals surface area contributed by atoms with E-state index in [-0.39, 0.29) is 12.0 Å². The van der Waals surface area contributed by atoms with E-state index in [0.717, 1.165) is 12.1 Å². The van der Waals surface area contributed by atoms with Crippen LogP contribution in [0.4, 0.5) is 13.2 Å². The molecule has 22 heavy (non-hydrogen) atoms. The van der Waals surface area contributed by atoms with Crippen LogP contribution in [0.1, 0.15) is 17.5 Å². The van der Waals surface area contributed by atoms with Crippen molar-refractivity contribution in [3.63, 3.8) is 0 Å². The molecule has 1 aromatic carbocycles. The van der Waals surface area contributed by atoms with E-state index >= 15 is 0 Å². The number of hydrogen-bond donors (Lipinski definition) is 1.